The van der Waals surface area contributed by atoms with Crippen LogP contribution < -0.4 is 5.73 Å². The second-order valence-corrected chi connectivity index (χ2v) is 5.81. The number of nitrogen functional groups attached to an aromatic ring is 1. The Morgan fingerprint density at radius 1 is 1.14 bits per heavy atom. The van der Waals surface area contributed by atoms with Gasteiger partial charge in [-0.25, -0.2) is 14.8 Å². The molecule has 0 atom stereocenters. The topological polar surface area (TPSA) is 102 Å². The molecule has 8 heteroatoms. The normalized spacial score (nSPS) is 9.77. The van der Waals surface area contributed by atoms with Crippen LogP contribution in [0.1, 0.15) is 46.7 Å². The number of ether oxygens (including phenoxy) is 1. The molecule has 0 aliphatic heterocycles. The van der Waals surface area contributed by atoms with Gasteiger partial charge in [-0.3, -0.25) is 5.41 Å². The average molecular weight is 340 g/mol. The number of hydrogen-bond acceptors (Lipinski definition) is 7. The van der Waals surface area contributed by atoms with Gasteiger partial charge in [0.1, 0.15) is 10.7 Å². The van der Waals surface area contributed by atoms with Crippen molar-refractivity contribution in [2.24, 2.45) is 5.73 Å². The summed E-state index contributed by atoms with van der Waals surface area (Å²) in [7, 11) is 0. The van der Waals surface area contributed by atoms with Crippen LogP contribution >= 0.6 is 22.7 Å². The fraction of sp³-hybridized carbons (Fsp3) is 0.429. The zero-order valence-corrected chi connectivity index (χ0v) is 14.5. The summed E-state index contributed by atoms with van der Waals surface area (Å²) in [5.74, 6) is -0.129. The number of nitrogens with two attached hydrogens (primary N) is 1. The molecule has 0 fully saturated rings. The second kappa shape index (κ2) is 9.26. The molecule has 0 aliphatic carbocycles. The number of thiazole rings is 2. The number of aryl methyl sites for hydroxylation is 2. The molecule has 0 aromatic carbocycles. The zero-order valence-electron chi connectivity index (χ0n) is 12.9. The molecule has 2 aromatic heterocycles. The monoisotopic (exact) mass is 340 g/mol. The Balaban J connectivity index is 0.000000224. The lowest BCUT2D eigenvalue weighted by Crippen LogP contribution is -2.11. The molecule has 6 nitrogen and oxygen atoms in total. The fourth-order valence-corrected chi connectivity index (χ4v) is 3.14. The van der Waals surface area contributed by atoms with E-state index in [1.807, 2.05) is 13.8 Å². The van der Waals surface area contributed by atoms with Gasteiger partial charge in [-0.1, -0.05) is 13.8 Å². The summed E-state index contributed by atoms with van der Waals surface area (Å²) in [6.45, 7) is 6.18. The van der Waals surface area contributed by atoms with Crippen LogP contribution in [0.4, 0.5) is 0 Å². The van der Waals surface area contributed by atoms with Crippen molar-refractivity contribution in [2.75, 3.05) is 6.61 Å². The van der Waals surface area contributed by atoms with Crippen LogP contribution in [0.3, 0.4) is 0 Å². The van der Waals surface area contributed by atoms with E-state index >= 15 is 0 Å². The Morgan fingerprint density at radius 3 is 2.05 bits per heavy atom. The third-order valence-electron chi connectivity index (χ3n) is 2.66. The van der Waals surface area contributed by atoms with Crippen molar-refractivity contribution in [1.82, 2.24) is 9.97 Å². The van der Waals surface area contributed by atoms with Crippen LogP contribution in [0.25, 0.3) is 0 Å². The van der Waals surface area contributed by atoms with Crippen molar-refractivity contribution in [2.45, 2.75) is 33.6 Å². The maximum absolute atomic E-state index is 11.2. The predicted molar refractivity (Wildman–Crippen MR) is 90.0 cm³/mol. The third kappa shape index (κ3) is 4.88. The quantitative estimate of drug-likeness (QED) is 0.495. The Hall–Kier alpha value is -1.80. The maximum Gasteiger partial charge on any atom is 0.350 e. The van der Waals surface area contributed by atoms with Crippen LogP contribution in [0, 0.1) is 5.41 Å². The first-order chi connectivity index (χ1) is 10.5. The minimum absolute atomic E-state index is 0.124. The minimum atomic E-state index is -0.253. The van der Waals surface area contributed by atoms with Crippen LogP contribution in [-0.2, 0) is 17.6 Å². The number of nitrogens with zero attached hydrogens (tertiary/aromatic N) is 2. The Morgan fingerprint density at radius 2 is 1.64 bits per heavy atom. The molecule has 0 aliphatic rings. The lowest BCUT2D eigenvalue weighted by molar-refractivity contribution is 0.0530. The smallest absolute Gasteiger partial charge is 0.350 e. The number of nitrogens with one attached hydrogen (secondary N) is 1. The number of amidine groups is 1. The van der Waals surface area contributed by atoms with Gasteiger partial charge in [0.05, 0.1) is 33.9 Å². The molecule has 0 radical (unpaired) electrons. The number of esters is 1. The minimum Gasteiger partial charge on any atom is -0.462 e. The van der Waals surface area contributed by atoms with Gasteiger partial charge >= 0.3 is 5.97 Å². The lowest BCUT2D eigenvalue weighted by Gasteiger charge is -1.99. The van der Waals surface area contributed by atoms with E-state index in [9.17, 15) is 4.79 Å². The first-order valence-corrected chi connectivity index (χ1v) is 8.67. The molecule has 0 saturated carbocycles. The van der Waals surface area contributed by atoms with Gasteiger partial charge in [0.25, 0.3) is 0 Å². The molecular formula is C14H20N4O2S2. The largest absolute Gasteiger partial charge is 0.462 e. The molecule has 22 heavy (non-hydrogen) atoms. The molecule has 2 rings (SSSR count). The van der Waals surface area contributed by atoms with E-state index in [1.54, 1.807) is 17.9 Å². The predicted octanol–water partition coefficient (Wildman–Crippen LogP) is 2.87. The van der Waals surface area contributed by atoms with Crippen LogP contribution in [0.15, 0.2) is 11.0 Å². The van der Waals surface area contributed by atoms with Gasteiger partial charge in [-0.15, -0.1) is 22.7 Å². The standard InChI is InChI=1S/C8H11NO2S.C6H9N3S/c1-3-6-7(12-5-9-6)8(10)11-4-2;1-2-4-5(6(7)8)10-3-9-4/h5H,3-4H2,1-2H3;3H,2H2,1H3,(H3,7,8). The molecule has 0 unspecified atom stereocenters. The summed E-state index contributed by atoms with van der Waals surface area (Å²) in [5, 5.41) is 7.14. The van der Waals surface area contributed by atoms with Gasteiger partial charge in [0.15, 0.2) is 0 Å². The molecular weight excluding hydrogens is 320 g/mol. The first kappa shape index (κ1) is 18.2. The molecule has 0 amide bonds. The second-order valence-electron chi connectivity index (χ2n) is 4.10. The molecule has 2 aromatic rings. The lowest BCUT2D eigenvalue weighted by atomic mass is 10.3. The summed E-state index contributed by atoms with van der Waals surface area (Å²) in [4.78, 5) is 20.8. The van der Waals surface area contributed by atoms with E-state index in [4.69, 9.17) is 15.9 Å². The number of carbonyl (C=O) groups excluding carboxylic acids is 1. The maximum atomic E-state index is 11.2. The summed E-state index contributed by atoms with van der Waals surface area (Å²) in [6.07, 6.45) is 1.62. The van der Waals surface area contributed by atoms with Crippen LogP contribution in [0.2, 0.25) is 0 Å². The highest BCUT2D eigenvalue weighted by molar-refractivity contribution is 7.12. The van der Waals surface area contributed by atoms with Crippen LogP contribution in [0.5, 0.6) is 0 Å². The number of hydrogen-bond donors (Lipinski definition) is 2. The Labute approximate surface area is 137 Å². The molecule has 0 spiro atoms. The molecule has 0 saturated heterocycles. The van der Waals surface area contributed by atoms with Gasteiger partial charge in [0, 0.05) is 0 Å². The van der Waals surface area contributed by atoms with Crippen molar-refractivity contribution in [3.8, 4) is 0 Å². The molecule has 2 heterocycles. The Bertz CT molecular complexity index is 622. The molecule has 120 valence electrons. The summed E-state index contributed by atoms with van der Waals surface area (Å²) >= 11 is 2.76. The van der Waals surface area contributed by atoms with Crippen molar-refractivity contribution in [1.29, 1.82) is 5.41 Å². The van der Waals surface area contributed by atoms with E-state index in [0.717, 1.165) is 29.1 Å². The van der Waals surface area contributed by atoms with Crippen LogP contribution in [-0.4, -0.2) is 28.4 Å². The van der Waals surface area contributed by atoms with Crippen molar-refractivity contribution in [3.63, 3.8) is 0 Å². The van der Waals surface area contributed by atoms with Gasteiger partial charge in [-0.05, 0) is 19.8 Å². The van der Waals surface area contributed by atoms with Crippen molar-refractivity contribution in [3.05, 3.63) is 32.2 Å². The summed E-state index contributed by atoms with van der Waals surface area (Å²) < 4.78 is 4.86. The Kier molecular flexibility index (Phi) is 7.69. The van der Waals surface area contributed by atoms with E-state index < -0.39 is 0 Å². The molecule has 3 N–H and O–H groups in total. The first-order valence-electron chi connectivity index (χ1n) is 6.91. The van der Waals surface area contributed by atoms with Gasteiger partial charge < -0.3 is 10.5 Å². The van der Waals surface area contributed by atoms with E-state index in [1.165, 1.54) is 22.7 Å². The number of rotatable bonds is 5. The van der Waals surface area contributed by atoms with Gasteiger partial charge in [-0.2, -0.15) is 0 Å². The number of carbonyl (C=O) groups is 1. The van der Waals surface area contributed by atoms with Gasteiger partial charge in [0.2, 0.25) is 0 Å². The zero-order chi connectivity index (χ0) is 16.5. The molecule has 0 bridgehead atoms. The van der Waals surface area contributed by atoms with Crippen molar-refractivity contribution >= 4 is 34.5 Å². The highest BCUT2D eigenvalue weighted by Gasteiger charge is 2.13. The summed E-state index contributed by atoms with van der Waals surface area (Å²) in [6, 6.07) is 0. The average Bonchev–Trinajstić information content (AvgIpc) is 3.16. The van der Waals surface area contributed by atoms with Crippen molar-refractivity contribution < 1.29 is 9.53 Å². The van der Waals surface area contributed by atoms with E-state index in [-0.39, 0.29) is 11.8 Å². The van der Waals surface area contributed by atoms with E-state index in [2.05, 4.69) is 9.97 Å². The highest BCUT2D eigenvalue weighted by atomic mass is 32.1. The van der Waals surface area contributed by atoms with E-state index in [0.29, 0.717) is 11.5 Å². The third-order valence-corrected chi connectivity index (χ3v) is 4.41. The summed E-state index contributed by atoms with van der Waals surface area (Å²) in [5.41, 5.74) is 10.4. The number of aromatic nitrogens is 2. The fourth-order valence-electron chi connectivity index (χ4n) is 1.62. The highest BCUT2D eigenvalue weighted by Crippen LogP contribution is 2.15. The SMILES string of the molecule is CCOC(=O)c1scnc1CC.CCc1ncsc1C(=N)N.